The van der Waals surface area contributed by atoms with Crippen LogP contribution in [0.15, 0.2) is 36.9 Å². The van der Waals surface area contributed by atoms with Crippen LogP contribution in [0.3, 0.4) is 0 Å². The first-order valence-corrected chi connectivity index (χ1v) is 5.88. The van der Waals surface area contributed by atoms with Gasteiger partial charge in [0, 0.05) is 18.9 Å². The molecule has 6 nitrogen and oxygen atoms in total. The molecule has 0 bridgehead atoms. The number of ether oxygens (including phenoxy) is 1. The van der Waals surface area contributed by atoms with Gasteiger partial charge in [-0.2, -0.15) is 0 Å². The maximum absolute atomic E-state index is 10.8. The number of aromatic nitrogens is 2. The SMILES string of the molecule is Nc1ccc(C(=O)O)cc1OCCCn1ccnc1. The van der Waals surface area contributed by atoms with Gasteiger partial charge in [-0.25, -0.2) is 9.78 Å². The summed E-state index contributed by atoms with van der Waals surface area (Å²) in [6.45, 7) is 1.25. The second kappa shape index (κ2) is 5.90. The van der Waals surface area contributed by atoms with E-state index in [4.69, 9.17) is 15.6 Å². The minimum atomic E-state index is -0.997. The number of carbonyl (C=O) groups is 1. The number of anilines is 1. The van der Waals surface area contributed by atoms with Crippen molar-refractivity contribution in [1.82, 2.24) is 9.55 Å². The van der Waals surface area contributed by atoms with Gasteiger partial charge in [-0.3, -0.25) is 0 Å². The summed E-state index contributed by atoms with van der Waals surface area (Å²) in [6, 6.07) is 4.43. The van der Waals surface area contributed by atoms with Crippen molar-refractivity contribution >= 4 is 11.7 Å². The number of carboxylic acids is 1. The number of nitrogens with zero attached hydrogens (tertiary/aromatic N) is 2. The van der Waals surface area contributed by atoms with Crippen molar-refractivity contribution in [2.45, 2.75) is 13.0 Å². The van der Waals surface area contributed by atoms with Crippen LogP contribution < -0.4 is 10.5 Å². The lowest BCUT2D eigenvalue weighted by molar-refractivity contribution is 0.0696. The molecule has 19 heavy (non-hydrogen) atoms. The van der Waals surface area contributed by atoms with Crippen molar-refractivity contribution in [2.75, 3.05) is 12.3 Å². The van der Waals surface area contributed by atoms with E-state index in [1.165, 1.54) is 18.2 Å². The van der Waals surface area contributed by atoms with Crippen LogP contribution in [-0.2, 0) is 6.54 Å². The van der Waals surface area contributed by atoms with Gasteiger partial charge in [0.2, 0.25) is 0 Å². The summed E-state index contributed by atoms with van der Waals surface area (Å²) in [5, 5.41) is 8.89. The molecule has 100 valence electrons. The van der Waals surface area contributed by atoms with Gasteiger partial charge in [0.25, 0.3) is 0 Å². The van der Waals surface area contributed by atoms with E-state index in [9.17, 15) is 4.79 Å². The molecule has 0 radical (unpaired) electrons. The van der Waals surface area contributed by atoms with E-state index in [0.717, 1.165) is 13.0 Å². The highest BCUT2D eigenvalue weighted by Gasteiger charge is 2.07. The highest BCUT2D eigenvalue weighted by molar-refractivity contribution is 5.89. The number of aryl methyl sites for hydroxylation is 1. The lowest BCUT2D eigenvalue weighted by Gasteiger charge is -2.09. The smallest absolute Gasteiger partial charge is 0.335 e. The Balaban J connectivity index is 1.88. The molecule has 0 saturated carbocycles. The minimum Gasteiger partial charge on any atom is -0.491 e. The molecule has 0 amide bonds. The van der Waals surface area contributed by atoms with Crippen LogP contribution in [0.1, 0.15) is 16.8 Å². The fourth-order valence-electron chi connectivity index (χ4n) is 1.64. The fourth-order valence-corrected chi connectivity index (χ4v) is 1.64. The van der Waals surface area contributed by atoms with Crippen molar-refractivity contribution in [3.63, 3.8) is 0 Å². The third-order valence-electron chi connectivity index (χ3n) is 2.64. The first-order chi connectivity index (χ1) is 9.16. The average Bonchev–Trinajstić information content (AvgIpc) is 2.89. The molecule has 0 aliphatic heterocycles. The fraction of sp³-hybridized carbons (Fsp3) is 0.231. The summed E-state index contributed by atoms with van der Waals surface area (Å²) in [7, 11) is 0. The first kappa shape index (κ1) is 12.9. The number of imidazole rings is 1. The molecule has 0 atom stereocenters. The summed E-state index contributed by atoms with van der Waals surface area (Å²) in [6.07, 6.45) is 6.11. The maximum atomic E-state index is 10.8. The highest BCUT2D eigenvalue weighted by atomic mass is 16.5. The number of rotatable bonds is 6. The molecule has 0 saturated heterocycles. The third-order valence-corrected chi connectivity index (χ3v) is 2.64. The Hall–Kier alpha value is -2.50. The summed E-state index contributed by atoms with van der Waals surface area (Å²) in [5.74, 6) is -0.589. The highest BCUT2D eigenvalue weighted by Crippen LogP contribution is 2.22. The molecule has 0 unspecified atom stereocenters. The van der Waals surface area contributed by atoms with Gasteiger partial charge in [0.05, 0.1) is 24.2 Å². The van der Waals surface area contributed by atoms with Gasteiger partial charge in [-0.15, -0.1) is 0 Å². The van der Waals surface area contributed by atoms with Gasteiger partial charge >= 0.3 is 5.97 Å². The van der Waals surface area contributed by atoms with Crippen molar-refractivity contribution in [2.24, 2.45) is 0 Å². The number of hydrogen-bond acceptors (Lipinski definition) is 4. The van der Waals surface area contributed by atoms with Gasteiger partial charge in [-0.1, -0.05) is 0 Å². The number of nitrogen functional groups attached to an aromatic ring is 1. The zero-order chi connectivity index (χ0) is 13.7. The summed E-state index contributed by atoms with van der Waals surface area (Å²) in [4.78, 5) is 14.8. The van der Waals surface area contributed by atoms with Gasteiger partial charge < -0.3 is 20.1 Å². The zero-order valence-corrected chi connectivity index (χ0v) is 10.3. The molecule has 1 aromatic carbocycles. The Morgan fingerprint density at radius 1 is 1.47 bits per heavy atom. The van der Waals surface area contributed by atoms with Crippen LogP contribution in [-0.4, -0.2) is 27.2 Å². The molecule has 6 heteroatoms. The Morgan fingerprint density at radius 2 is 2.32 bits per heavy atom. The summed E-state index contributed by atoms with van der Waals surface area (Å²) < 4.78 is 7.45. The number of aromatic carboxylic acids is 1. The molecule has 1 aromatic heterocycles. The normalized spacial score (nSPS) is 10.3. The second-order valence-electron chi connectivity index (χ2n) is 4.06. The number of hydrogen-bond donors (Lipinski definition) is 2. The van der Waals surface area contributed by atoms with Crippen LogP contribution in [0.5, 0.6) is 5.75 Å². The molecule has 0 fully saturated rings. The lowest BCUT2D eigenvalue weighted by atomic mass is 10.2. The quantitative estimate of drug-likeness (QED) is 0.609. The Labute approximate surface area is 110 Å². The van der Waals surface area contributed by atoms with E-state index in [-0.39, 0.29) is 5.56 Å². The summed E-state index contributed by atoms with van der Waals surface area (Å²) >= 11 is 0. The molecule has 0 spiro atoms. The Kier molecular flexibility index (Phi) is 4.02. The molecule has 0 aliphatic rings. The van der Waals surface area contributed by atoms with Crippen LogP contribution in [0, 0.1) is 0 Å². The maximum Gasteiger partial charge on any atom is 0.335 e. The molecule has 2 rings (SSSR count). The molecular formula is C13H15N3O3. The van der Waals surface area contributed by atoms with Gasteiger partial charge in [-0.05, 0) is 24.6 Å². The van der Waals surface area contributed by atoms with E-state index in [1.54, 1.807) is 12.5 Å². The van der Waals surface area contributed by atoms with Crippen LogP contribution in [0.2, 0.25) is 0 Å². The van der Waals surface area contributed by atoms with Crippen molar-refractivity contribution < 1.29 is 14.6 Å². The number of benzene rings is 1. The van der Waals surface area contributed by atoms with E-state index in [0.29, 0.717) is 18.0 Å². The van der Waals surface area contributed by atoms with Gasteiger partial charge in [0.15, 0.2) is 0 Å². The molecule has 3 N–H and O–H groups in total. The third kappa shape index (κ3) is 3.48. The standard InChI is InChI=1S/C13H15N3O3/c14-11-3-2-10(13(17)18)8-12(11)19-7-1-5-16-6-4-15-9-16/h2-4,6,8-9H,1,5,7,14H2,(H,17,18). The predicted octanol–water partition coefficient (Wildman–Crippen LogP) is 1.63. The van der Waals surface area contributed by atoms with Gasteiger partial charge in [0.1, 0.15) is 5.75 Å². The second-order valence-corrected chi connectivity index (χ2v) is 4.06. The zero-order valence-electron chi connectivity index (χ0n) is 10.3. The van der Waals surface area contributed by atoms with Crippen LogP contribution >= 0.6 is 0 Å². The van der Waals surface area contributed by atoms with E-state index in [2.05, 4.69) is 4.98 Å². The Morgan fingerprint density at radius 3 is 3.00 bits per heavy atom. The van der Waals surface area contributed by atoms with E-state index >= 15 is 0 Å². The molecule has 2 aromatic rings. The molecular weight excluding hydrogens is 246 g/mol. The monoisotopic (exact) mass is 261 g/mol. The van der Waals surface area contributed by atoms with E-state index in [1.807, 2.05) is 10.8 Å². The van der Waals surface area contributed by atoms with Crippen molar-refractivity contribution in [3.8, 4) is 5.75 Å². The predicted molar refractivity (Wildman–Crippen MR) is 70.2 cm³/mol. The largest absolute Gasteiger partial charge is 0.491 e. The minimum absolute atomic E-state index is 0.166. The number of carboxylic acid groups (broad SMARTS) is 1. The summed E-state index contributed by atoms with van der Waals surface area (Å²) in [5.41, 5.74) is 6.34. The number of nitrogens with two attached hydrogens (primary N) is 1. The lowest BCUT2D eigenvalue weighted by Crippen LogP contribution is -2.06. The first-order valence-electron chi connectivity index (χ1n) is 5.88. The van der Waals surface area contributed by atoms with Crippen molar-refractivity contribution in [1.29, 1.82) is 0 Å². The average molecular weight is 261 g/mol. The van der Waals surface area contributed by atoms with Crippen molar-refractivity contribution in [3.05, 3.63) is 42.5 Å². The van der Waals surface area contributed by atoms with Crippen LogP contribution in [0.4, 0.5) is 5.69 Å². The van der Waals surface area contributed by atoms with E-state index < -0.39 is 5.97 Å². The van der Waals surface area contributed by atoms with Crippen LogP contribution in [0.25, 0.3) is 0 Å². The molecule has 1 heterocycles. The molecule has 0 aliphatic carbocycles. The Bertz CT molecular complexity index is 552. The topological polar surface area (TPSA) is 90.4 Å².